The van der Waals surface area contributed by atoms with Crippen molar-refractivity contribution in [3.05, 3.63) is 46.4 Å². The summed E-state index contributed by atoms with van der Waals surface area (Å²) < 4.78 is 0. The van der Waals surface area contributed by atoms with Crippen molar-refractivity contribution in [1.82, 2.24) is 9.88 Å². The van der Waals surface area contributed by atoms with Crippen LogP contribution in [-0.2, 0) is 0 Å². The molecule has 1 aromatic carbocycles. The molecule has 4 nitrogen and oxygen atoms in total. The molecule has 1 amide bonds. The Morgan fingerprint density at radius 3 is 2.55 bits per heavy atom. The van der Waals surface area contributed by atoms with Crippen molar-refractivity contribution in [3.63, 3.8) is 0 Å². The van der Waals surface area contributed by atoms with Gasteiger partial charge >= 0.3 is 0 Å². The van der Waals surface area contributed by atoms with Crippen LogP contribution in [0.3, 0.4) is 0 Å². The maximum Gasteiger partial charge on any atom is 0.270 e. The van der Waals surface area contributed by atoms with Crippen LogP contribution in [0.4, 0.5) is 0 Å². The average Bonchev–Trinajstić information content (AvgIpc) is 3.32. The van der Waals surface area contributed by atoms with Gasteiger partial charge in [-0.2, -0.15) is 0 Å². The average molecular weight is 298 g/mol. The van der Waals surface area contributed by atoms with E-state index in [0.717, 1.165) is 18.2 Å². The Morgan fingerprint density at radius 1 is 1.23 bits per heavy atom. The van der Waals surface area contributed by atoms with E-state index < -0.39 is 0 Å². The number of carbonyl (C=O) groups excluding carboxylic acids is 1. The van der Waals surface area contributed by atoms with Crippen LogP contribution >= 0.6 is 0 Å². The second kappa shape index (κ2) is 5.59. The van der Waals surface area contributed by atoms with Gasteiger partial charge in [0.15, 0.2) is 0 Å². The molecule has 1 heterocycles. The number of hydrogen-bond acceptors (Lipinski definition) is 2. The fourth-order valence-electron chi connectivity index (χ4n) is 2.82. The van der Waals surface area contributed by atoms with Gasteiger partial charge in [-0.05, 0) is 43.2 Å². The monoisotopic (exact) mass is 298 g/mol. The Kier molecular flexibility index (Phi) is 3.77. The molecule has 1 N–H and O–H groups in total. The minimum atomic E-state index is -0.200. The quantitative estimate of drug-likeness (QED) is 0.942. The van der Waals surface area contributed by atoms with Crippen LogP contribution in [0.1, 0.15) is 44.1 Å². The first-order chi connectivity index (χ1) is 10.5. The minimum absolute atomic E-state index is 0.0634. The van der Waals surface area contributed by atoms with Crippen molar-refractivity contribution >= 4 is 16.7 Å². The number of nitrogens with zero attached hydrogens (tertiary/aromatic N) is 1. The highest BCUT2D eigenvalue weighted by molar-refractivity contribution is 5.96. The minimum Gasteiger partial charge on any atom is -0.331 e. The first kappa shape index (κ1) is 14.8. The van der Waals surface area contributed by atoms with Crippen molar-refractivity contribution in [2.75, 3.05) is 0 Å². The molecule has 1 saturated carbocycles. The van der Waals surface area contributed by atoms with E-state index in [1.165, 1.54) is 0 Å². The second-order valence-corrected chi connectivity index (χ2v) is 6.53. The molecule has 22 heavy (non-hydrogen) atoms. The van der Waals surface area contributed by atoms with Crippen LogP contribution in [0.2, 0.25) is 0 Å². The summed E-state index contributed by atoms with van der Waals surface area (Å²) in [6.45, 7) is 6.33. The molecule has 3 rings (SSSR count). The number of amides is 1. The molecule has 0 bridgehead atoms. The third kappa shape index (κ3) is 2.65. The summed E-state index contributed by atoms with van der Waals surface area (Å²) >= 11 is 0. The summed E-state index contributed by atoms with van der Waals surface area (Å²) in [5, 5.41) is 1.43. The zero-order valence-corrected chi connectivity index (χ0v) is 13.3. The molecule has 1 aromatic heterocycles. The largest absolute Gasteiger partial charge is 0.331 e. The molecular formula is C18H22N2O2. The molecule has 0 saturated heterocycles. The standard InChI is InChI=1S/C18H22N2O2/c1-11(2)12(3)20(14-8-9-14)18(22)16-10-13-6-4-5-7-15(13)17(21)19-16/h4-7,10-12,14H,8-9H2,1-3H3,(H,19,21). The molecule has 1 aliphatic carbocycles. The van der Waals surface area contributed by atoms with E-state index >= 15 is 0 Å². The molecule has 1 unspecified atom stereocenters. The summed E-state index contributed by atoms with van der Waals surface area (Å²) in [6.07, 6.45) is 2.11. The van der Waals surface area contributed by atoms with Crippen molar-refractivity contribution in [3.8, 4) is 0 Å². The molecular weight excluding hydrogens is 276 g/mol. The first-order valence-corrected chi connectivity index (χ1v) is 7.93. The number of hydrogen-bond donors (Lipinski definition) is 1. The lowest BCUT2D eigenvalue weighted by molar-refractivity contribution is 0.0621. The predicted molar refractivity (Wildman–Crippen MR) is 88.1 cm³/mol. The summed E-state index contributed by atoms with van der Waals surface area (Å²) in [6, 6.07) is 9.63. The molecule has 116 valence electrons. The normalized spacial score (nSPS) is 16.0. The zero-order chi connectivity index (χ0) is 15.9. The fraction of sp³-hybridized carbons (Fsp3) is 0.444. The van der Waals surface area contributed by atoms with Crippen LogP contribution in [0, 0.1) is 5.92 Å². The Hall–Kier alpha value is -2.10. The van der Waals surface area contributed by atoms with Crippen LogP contribution in [0.15, 0.2) is 35.1 Å². The number of nitrogens with one attached hydrogen (secondary N) is 1. The zero-order valence-electron chi connectivity index (χ0n) is 13.3. The van der Waals surface area contributed by atoms with Crippen LogP contribution in [0.5, 0.6) is 0 Å². The summed E-state index contributed by atoms with van der Waals surface area (Å²) in [7, 11) is 0. The molecule has 0 radical (unpaired) electrons. The predicted octanol–water partition coefficient (Wildman–Crippen LogP) is 3.18. The topological polar surface area (TPSA) is 53.2 Å². The highest BCUT2D eigenvalue weighted by atomic mass is 16.2. The highest BCUT2D eigenvalue weighted by Gasteiger charge is 2.37. The molecule has 0 aliphatic heterocycles. The second-order valence-electron chi connectivity index (χ2n) is 6.53. The van der Waals surface area contributed by atoms with E-state index in [0.29, 0.717) is 23.0 Å². The lowest BCUT2D eigenvalue weighted by Gasteiger charge is -2.32. The molecule has 0 spiro atoms. The van der Waals surface area contributed by atoms with E-state index in [4.69, 9.17) is 0 Å². The highest BCUT2D eigenvalue weighted by Crippen LogP contribution is 2.31. The number of carbonyl (C=O) groups is 1. The first-order valence-electron chi connectivity index (χ1n) is 7.93. The van der Waals surface area contributed by atoms with Crippen LogP contribution in [-0.4, -0.2) is 27.9 Å². The maximum absolute atomic E-state index is 12.9. The Balaban J connectivity index is 2.02. The lowest BCUT2D eigenvalue weighted by Crippen LogP contribution is -2.43. The third-order valence-electron chi connectivity index (χ3n) is 4.56. The summed E-state index contributed by atoms with van der Waals surface area (Å²) in [4.78, 5) is 29.8. The van der Waals surface area contributed by atoms with Crippen molar-refractivity contribution in [1.29, 1.82) is 0 Å². The molecule has 1 fully saturated rings. The molecule has 1 aliphatic rings. The molecule has 1 atom stereocenters. The van der Waals surface area contributed by atoms with Gasteiger partial charge in [0.2, 0.25) is 0 Å². The number of benzene rings is 1. The van der Waals surface area contributed by atoms with Gasteiger partial charge in [-0.1, -0.05) is 32.0 Å². The third-order valence-corrected chi connectivity index (χ3v) is 4.56. The van der Waals surface area contributed by atoms with E-state index in [1.807, 2.05) is 23.1 Å². The van der Waals surface area contributed by atoms with E-state index in [2.05, 4.69) is 25.8 Å². The lowest BCUT2D eigenvalue weighted by atomic mass is 10.0. The smallest absolute Gasteiger partial charge is 0.270 e. The van der Waals surface area contributed by atoms with Gasteiger partial charge in [-0.15, -0.1) is 0 Å². The van der Waals surface area contributed by atoms with Crippen LogP contribution in [0.25, 0.3) is 10.8 Å². The summed E-state index contributed by atoms with van der Waals surface area (Å²) in [5.74, 6) is 0.322. The fourth-order valence-corrected chi connectivity index (χ4v) is 2.82. The van der Waals surface area contributed by atoms with Gasteiger partial charge in [-0.25, -0.2) is 0 Å². The number of pyridine rings is 1. The van der Waals surface area contributed by atoms with E-state index in [-0.39, 0.29) is 17.5 Å². The number of fused-ring (bicyclic) bond motifs is 1. The van der Waals surface area contributed by atoms with Gasteiger partial charge in [0.25, 0.3) is 11.5 Å². The van der Waals surface area contributed by atoms with E-state index in [1.54, 1.807) is 12.1 Å². The number of aromatic nitrogens is 1. The van der Waals surface area contributed by atoms with E-state index in [9.17, 15) is 9.59 Å². The van der Waals surface area contributed by atoms with Gasteiger partial charge in [-0.3, -0.25) is 9.59 Å². The van der Waals surface area contributed by atoms with Gasteiger partial charge in [0.05, 0.1) is 0 Å². The van der Waals surface area contributed by atoms with Crippen molar-refractivity contribution in [2.24, 2.45) is 5.92 Å². The van der Waals surface area contributed by atoms with Crippen LogP contribution < -0.4 is 5.56 Å². The Labute approximate surface area is 130 Å². The molecule has 4 heteroatoms. The SMILES string of the molecule is CC(C)C(C)N(C(=O)c1cc2ccccc2c(=O)[nH]1)C1CC1. The Morgan fingerprint density at radius 2 is 1.91 bits per heavy atom. The van der Waals surface area contributed by atoms with Crippen molar-refractivity contribution in [2.45, 2.75) is 45.7 Å². The van der Waals surface area contributed by atoms with Gasteiger partial charge in [0.1, 0.15) is 5.69 Å². The maximum atomic E-state index is 12.9. The summed E-state index contributed by atoms with van der Waals surface area (Å²) in [5.41, 5.74) is 0.192. The van der Waals surface area contributed by atoms with Crippen molar-refractivity contribution < 1.29 is 4.79 Å². The number of aromatic amines is 1. The Bertz CT molecular complexity index is 759. The van der Waals surface area contributed by atoms with Gasteiger partial charge in [0, 0.05) is 17.5 Å². The number of rotatable bonds is 4. The molecule has 2 aromatic rings. The van der Waals surface area contributed by atoms with Gasteiger partial charge < -0.3 is 9.88 Å². The number of H-pyrrole nitrogens is 1.